The van der Waals surface area contributed by atoms with Crippen molar-refractivity contribution in [2.45, 2.75) is 26.4 Å². The summed E-state index contributed by atoms with van der Waals surface area (Å²) in [6, 6.07) is 2.54. The predicted octanol–water partition coefficient (Wildman–Crippen LogP) is 5.25. The highest BCUT2D eigenvalue weighted by Crippen LogP contribution is 2.40. The van der Waals surface area contributed by atoms with Gasteiger partial charge in [0.2, 0.25) is 5.91 Å². The number of aryl methyl sites for hydroxylation is 1. The monoisotopic (exact) mass is 518 g/mol. The lowest BCUT2D eigenvalue weighted by molar-refractivity contribution is -0.113. The Hall–Kier alpha value is -3.50. The molecule has 0 spiro atoms. The quantitative estimate of drug-likeness (QED) is 0.370. The van der Waals surface area contributed by atoms with Crippen molar-refractivity contribution in [2.75, 3.05) is 11.2 Å². The maximum Gasteiger partial charge on any atom is 0.435 e. The predicted molar refractivity (Wildman–Crippen MR) is 131 cm³/mol. The number of hydrogen-bond acceptors (Lipinski definition) is 6. The summed E-state index contributed by atoms with van der Waals surface area (Å²) in [4.78, 5) is 28.8. The molecule has 3 heterocycles. The zero-order valence-corrected chi connectivity index (χ0v) is 20.8. The third-order valence-electron chi connectivity index (χ3n) is 4.85. The van der Waals surface area contributed by atoms with Crippen LogP contribution in [0.1, 0.15) is 20.8 Å². The van der Waals surface area contributed by atoms with Gasteiger partial charge in [-0.2, -0.15) is 14.9 Å². The van der Waals surface area contributed by atoms with E-state index >= 15 is 4.39 Å². The van der Waals surface area contributed by atoms with Crippen LogP contribution in [-0.2, 0) is 16.6 Å². The van der Waals surface area contributed by atoms with Crippen LogP contribution in [0.3, 0.4) is 0 Å². The number of hydrogen-bond donors (Lipinski definition) is 1. The minimum Gasteiger partial charge on any atom is -0.442 e. The number of alkyl halides is 1. The van der Waals surface area contributed by atoms with Crippen LogP contribution < -0.4 is 5.32 Å². The fourth-order valence-electron chi connectivity index (χ4n) is 3.54. The molecule has 0 fully saturated rings. The zero-order chi connectivity index (χ0) is 25.5. The number of ether oxygens (including phenoxy) is 1. The molecule has 35 heavy (non-hydrogen) atoms. The summed E-state index contributed by atoms with van der Waals surface area (Å²) >= 11 is 12.0. The first-order valence-corrected chi connectivity index (χ1v) is 11.3. The van der Waals surface area contributed by atoms with Gasteiger partial charge >= 0.3 is 6.09 Å². The number of halogens is 3. The van der Waals surface area contributed by atoms with E-state index in [1.807, 2.05) is 0 Å². The van der Waals surface area contributed by atoms with Crippen LogP contribution in [0.2, 0.25) is 5.02 Å². The smallest absolute Gasteiger partial charge is 0.435 e. The van der Waals surface area contributed by atoms with Crippen LogP contribution in [0.4, 0.5) is 14.9 Å². The Morgan fingerprint density at radius 3 is 2.54 bits per heavy atom. The van der Waals surface area contributed by atoms with Crippen molar-refractivity contribution in [2.24, 2.45) is 7.05 Å². The number of pyridine rings is 1. The zero-order valence-electron chi connectivity index (χ0n) is 19.3. The van der Waals surface area contributed by atoms with Gasteiger partial charge in [-0.3, -0.25) is 14.5 Å². The first-order chi connectivity index (χ1) is 16.5. The lowest BCUT2D eigenvalue weighted by atomic mass is 10.00. The number of aromatic nitrogens is 5. The number of anilines is 1. The number of carbonyl (C=O) groups excluding carboxylic acids is 2. The highest BCUT2D eigenvalue weighted by atomic mass is 35.5. The summed E-state index contributed by atoms with van der Waals surface area (Å²) in [6.07, 6.45) is 5.45. The molecule has 4 rings (SSSR count). The fraction of sp³-hybridized carbons (Fsp3) is 0.261. The van der Waals surface area contributed by atoms with Crippen LogP contribution in [0.15, 0.2) is 36.9 Å². The van der Waals surface area contributed by atoms with Gasteiger partial charge in [-0.15, -0.1) is 11.6 Å². The third kappa shape index (κ3) is 4.98. The van der Waals surface area contributed by atoms with Crippen LogP contribution >= 0.6 is 23.2 Å². The normalized spacial score (nSPS) is 11.6. The average Bonchev–Trinajstić information content (AvgIpc) is 3.36. The van der Waals surface area contributed by atoms with Crippen LogP contribution in [-0.4, -0.2) is 48.0 Å². The molecule has 1 N–H and O–H groups in total. The Morgan fingerprint density at radius 1 is 1.20 bits per heavy atom. The first kappa shape index (κ1) is 24.6. The van der Waals surface area contributed by atoms with E-state index in [1.165, 1.54) is 18.5 Å². The van der Waals surface area contributed by atoms with Crippen molar-refractivity contribution in [1.82, 2.24) is 24.5 Å². The molecule has 0 atom stereocenters. The van der Waals surface area contributed by atoms with E-state index in [2.05, 4.69) is 20.5 Å². The summed E-state index contributed by atoms with van der Waals surface area (Å²) in [5.74, 6) is -1.50. The second kappa shape index (κ2) is 9.27. The van der Waals surface area contributed by atoms with Crippen molar-refractivity contribution in [1.29, 1.82) is 0 Å². The van der Waals surface area contributed by atoms with Gasteiger partial charge < -0.3 is 10.1 Å². The van der Waals surface area contributed by atoms with Crippen LogP contribution in [0.25, 0.3) is 33.3 Å². The molecule has 1 amide bonds. The summed E-state index contributed by atoms with van der Waals surface area (Å²) in [5, 5.41) is 11.6. The number of rotatable bonds is 4. The Morgan fingerprint density at radius 2 is 1.94 bits per heavy atom. The van der Waals surface area contributed by atoms with Gasteiger partial charge in [-0.1, -0.05) is 11.6 Å². The first-order valence-electron chi connectivity index (χ1n) is 10.4. The second-order valence-corrected chi connectivity index (χ2v) is 9.40. The number of amides is 1. The van der Waals surface area contributed by atoms with E-state index in [0.717, 1.165) is 10.7 Å². The molecule has 0 aliphatic heterocycles. The van der Waals surface area contributed by atoms with Crippen molar-refractivity contribution in [3.05, 3.63) is 47.8 Å². The van der Waals surface area contributed by atoms with Gasteiger partial charge in [0.25, 0.3) is 0 Å². The Bertz CT molecular complexity index is 1430. The van der Waals surface area contributed by atoms with E-state index < -0.39 is 23.4 Å². The van der Waals surface area contributed by atoms with Crippen LogP contribution in [0, 0.1) is 5.82 Å². The van der Waals surface area contributed by atoms with Crippen molar-refractivity contribution < 1.29 is 18.7 Å². The lowest BCUT2D eigenvalue weighted by Crippen LogP contribution is -2.27. The van der Waals surface area contributed by atoms with E-state index in [1.54, 1.807) is 44.9 Å². The maximum absolute atomic E-state index is 15.4. The molecule has 0 radical (unpaired) electrons. The third-order valence-corrected chi connectivity index (χ3v) is 5.39. The summed E-state index contributed by atoms with van der Waals surface area (Å²) in [6.45, 7) is 5.21. The van der Waals surface area contributed by atoms with Crippen LogP contribution in [0.5, 0.6) is 0 Å². The Kier molecular flexibility index (Phi) is 6.52. The minimum atomic E-state index is -0.770. The number of nitrogens with one attached hydrogen (secondary N) is 1. The Labute approximate surface area is 209 Å². The number of fused-ring (bicyclic) bond motifs is 1. The minimum absolute atomic E-state index is 0.0197. The molecular formula is C23H21Cl2FN6O3. The van der Waals surface area contributed by atoms with Gasteiger partial charge in [-0.25, -0.2) is 9.18 Å². The maximum atomic E-state index is 15.4. The SMILES string of the molecule is Cn1cc(-c2nn(C(=O)OC(C)(C)C)c3cncc(-c4c(F)cc(NC(=O)CCl)cc4Cl)c23)cn1. The largest absolute Gasteiger partial charge is 0.442 e. The number of nitrogens with zero attached hydrogens (tertiary/aromatic N) is 5. The molecule has 0 aliphatic rings. The highest BCUT2D eigenvalue weighted by Gasteiger charge is 2.27. The molecule has 0 saturated carbocycles. The molecule has 0 unspecified atom stereocenters. The molecule has 3 aromatic heterocycles. The molecule has 1 aromatic carbocycles. The molecule has 0 saturated heterocycles. The standard InChI is InChI=1S/C23H21Cl2FN6O3/c1-23(2,3)35-22(34)32-17-10-27-9-14(20(17)21(30-32)12-8-28-31(4)11-12)19-15(25)5-13(6-16(19)26)29-18(33)7-24/h5-6,8-11H,7H2,1-4H3,(H,29,33). The highest BCUT2D eigenvalue weighted by molar-refractivity contribution is 6.34. The second-order valence-electron chi connectivity index (χ2n) is 8.72. The summed E-state index contributed by atoms with van der Waals surface area (Å²) in [7, 11) is 1.74. The molecular weight excluding hydrogens is 498 g/mol. The molecule has 12 heteroatoms. The van der Waals surface area contributed by atoms with E-state index in [-0.39, 0.29) is 22.2 Å². The summed E-state index contributed by atoms with van der Waals surface area (Å²) in [5.41, 5.74) is 0.968. The van der Waals surface area contributed by atoms with Crippen molar-refractivity contribution in [3.8, 4) is 22.4 Å². The molecule has 182 valence electrons. The Balaban J connectivity index is 1.97. The van der Waals surface area contributed by atoms with Gasteiger partial charge in [-0.05, 0) is 32.9 Å². The fourth-order valence-corrected chi connectivity index (χ4v) is 3.92. The topological polar surface area (TPSA) is 104 Å². The summed E-state index contributed by atoms with van der Waals surface area (Å²) < 4.78 is 23.5. The van der Waals surface area contributed by atoms with Gasteiger partial charge in [0.1, 0.15) is 28.5 Å². The lowest BCUT2D eigenvalue weighted by Gasteiger charge is -2.19. The average molecular weight is 519 g/mol. The van der Waals surface area contributed by atoms with E-state index in [0.29, 0.717) is 27.7 Å². The molecule has 9 nitrogen and oxygen atoms in total. The van der Waals surface area contributed by atoms with E-state index in [9.17, 15) is 9.59 Å². The molecule has 0 aliphatic carbocycles. The number of benzene rings is 1. The van der Waals surface area contributed by atoms with Gasteiger partial charge in [0.15, 0.2) is 0 Å². The van der Waals surface area contributed by atoms with E-state index in [4.69, 9.17) is 27.9 Å². The van der Waals surface area contributed by atoms with Crippen molar-refractivity contribution in [3.63, 3.8) is 0 Å². The van der Waals surface area contributed by atoms with Gasteiger partial charge in [0.05, 0.1) is 17.4 Å². The molecule has 4 aromatic rings. The molecule has 0 bridgehead atoms. The van der Waals surface area contributed by atoms with Gasteiger partial charge in [0, 0.05) is 47.2 Å². The van der Waals surface area contributed by atoms with Crippen molar-refractivity contribution >= 4 is 51.8 Å². The number of carbonyl (C=O) groups is 2.